The third kappa shape index (κ3) is 2.12. The smallest absolute Gasteiger partial charge is 0.0964 e. The van der Waals surface area contributed by atoms with Crippen LogP contribution in [0.15, 0.2) is 6.20 Å². The Bertz CT molecular complexity index is 290. The molecule has 0 aliphatic heterocycles. The molecule has 1 aromatic rings. The summed E-state index contributed by atoms with van der Waals surface area (Å²) in [5.41, 5.74) is 1.03. The average Bonchev–Trinajstić information content (AvgIpc) is 2.45. The van der Waals surface area contributed by atoms with Crippen LogP contribution in [0, 0.1) is 5.92 Å². The van der Waals surface area contributed by atoms with Gasteiger partial charge in [-0.25, -0.2) is 0 Å². The fraction of sp³-hybridized carbons (Fsp3) is 0.800. The van der Waals surface area contributed by atoms with Crippen molar-refractivity contribution in [2.45, 2.75) is 38.8 Å². The fourth-order valence-corrected chi connectivity index (χ4v) is 1.85. The van der Waals surface area contributed by atoms with E-state index in [9.17, 15) is 0 Å². The molecule has 1 aromatic heterocycles. The standard InChI is InChI=1S/C10H18N4/c1-8(9-4-3-5-9)11-6-10-7-14(2)13-12-10/h7-9,11H,3-6H2,1-2H3/t8-/m1/s1. The second kappa shape index (κ2) is 4.09. The van der Waals surface area contributed by atoms with Gasteiger partial charge in [-0.1, -0.05) is 11.6 Å². The van der Waals surface area contributed by atoms with Gasteiger partial charge in [-0.2, -0.15) is 0 Å². The highest BCUT2D eigenvalue weighted by molar-refractivity contribution is 4.92. The molecule has 0 spiro atoms. The molecule has 1 N–H and O–H groups in total. The minimum atomic E-state index is 0.616. The van der Waals surface area contributed by atoms with Gasteiger partial charge in [0.15, 0.2) is 0 Å². The summed E-state index contributed by atoms with van der Waals surface area (Å²) in [6, 6.07) is 0.616. The van der Waals surface area contributed by atoms with Crippen LogP contribution in [0.5, 0.6) is 0 Å². The van der Waals surface area contributed by atoms with E-state index >= 15 is 0 Å². The number of rotatable bonds is 4. The zero-order valence-electron chi connectivity index (χ0n) is 8.90. The highest BCUT2D eigenvalue weighted by Gasteiger charge is 2.23. The summed E-state index contributed by atoms with van der Waals surface area (Å²) in [4.78, 5) is 0. The lowest BCUT2D eigenvalue weighted by Gasteiger charge is -2.31. The van der Waals surface area contributed by atoms with Crippen molar-refractivity contribution in [3.63, 3.8) is 0 Å². The van der Waals surface area contributed by atoms with Crippen LogP contribution in [0.4, 0.5) is 0 Å². The maximum Gasteiger partial charge on any atom is 0.0964 e. The second-order valence-electron chi connectivity index (χ2n) is 4.24. The van der Waals surface area contributed by atoms with Crippen LogP contribution in [0.25, 0.3) is 0 Å². The van der Waals surface area contributed by atoms with Gasteiger partial charge in [-0.3, -0.25) is 4.68 Å². The van der Waals surface area contributed by atoms with E-state index in [1.54, 1.807) is 4.68 Å². The van der Waals surface area contributed by atoms with Crippen molar-refractivity contribution < 1.29 is 0 Å². The topological polar surface area (TPSA) is 42.7 Å². The molecule has 0 aromatic carbocycles. The lowest BCUT2D eigenvalue weighted by Crippen LogP contribution is -2.36. The summed E-state index contributed by atoms with van der Waals surface area (Å²) in [6.07, 6.45) is 6.13. The maximum absolute atomic E-state index is 4.04. The minimum Gasteiger partial charge on any atom is -0.308 e. The van der Waals surface area contributed by atoms with E-state index < -0.39 is 0 Å². The summed E-state index contributed by atoms with van der Waals surface area (Å²) < 4.78 is 1.74. The van der Waals surface area contributed by atoms with Crippen molar-refractivity contribution >= 4 is 0 Å². The van der Waals surface area contributed by atoms with Gasteiger partial charge >= 0.3 is 0 Å². The second-order valence-corrected chi connectivity index (χ2v) is 4.24. The summed E-state index contributed by atoms with van der Waals surface area (Å²) in [7, 11) is 1.89. The molecule has 0 bridgehead atoms. The number of hydrogen-bond donors (Lipinski definition) is 1. The van der Waals surface area contributed by atoms with E-state index in [4.69, 9.17) is 0 Å². The van der Waals surface area contributed by atoms with Gasteiger partial charge in [0.05, 0.1) is 5.69 Å². The van der Waals surface area contributed by atoms with Crippen molar-refractivity contribution in [3.8, 4) is 0 Å². The first-order valence-electron chi connectivity index (χ1n) is 5.34. The van der Waals surface area contributed by atoms with Crippen molar-refractivity contribution in [1.29, 1.82) is 0 Å². The SMILES string of the molecule is C[C@@H](NCc1cn(C)nn1)C1CCC1. The molecule has 1 fully saturated rings. The van der Waals surface area contributed by atoms with E-state index in [-0.39, 0.29) is 0 Å². The van der Waals surface area contributed by atoms with Crippen LogP contribution in [0.3, 0.4) is 0 Å². The number of nitrogens with zero attached hydrogens (tertiary/aromatic N) is 3. The molecule has 0 radical (unpaired) electrons. The van der Waals surface area contributed by atoms with Gasteiger partial charge in [0, 0.05) is 25.8 Å². The third-order valence-electron chi connectivity index (χ3n) is 3.11. The van der Waals surface area contributed by atoms with E-state index in [2.05, 4.69) is 22.6 Å². The Kier molecular flexibility index (Phi) is 2.82. The normalized spacial score (nSPS) is 19.3. The maximum atomic E-state index is 4.04. The summed E-state index contributed by atoms with van der Waals surface area (Å²) >= 11 is 0. The lowest BCUT2D eigenvalue weighted by molar-refractivity contribution is 0.239. The third-order valence-corrected chi connectivity index (χ3v) is 3.11. The van der Waals surface area contributed by atoms with E-state index in [0.717, 1.165) is 18.2 Å². The van der Waals surface area contributed by atoms with Crippen LogP contribution in [-0.4, -0.2) is 21.0 Å². The Morgan fingerprint density at radius 3 is 2.93 bits per heavy atom. The number of nitrogens with one attached hydrogen (secondary N) is 1. The van der Waals surface area contributed by atoms with Gasteiger partial charge in [0.2, 0.25) is 0 Å². The highest BCUT2D eigenvalue weighted by atomic mass is 15.4. The Morgan fingerprint density at radius 2 is 2.43 bits per heavy atom. The molecule has 0 saturated heterocycles. The largest absolute Gasteiger partial charge is 0.308 e. The van der Waals surface area contributed by atoms with Gasteiger partial charge in [0.1, 0.15) is 0 Å². The zero-order valence-corrected chi connectivity index (χ0v) is 8.90. The Labute approximate surface area is 84.7 Å². The molecular weight excluding hydrogens is 176 g/mol. The van der Waals surface area contributed by atoms with E-state index in [0.29, 0.717) is 6.04 Å². The number of aryl methyl sites for hydroxylation is 1. The predicted octanol–water partition coefficient (Wildman–Crippen LogP) is 1.09. The minimum absolute atomic E-state index is 0.616. The Morgan fingerprint density at radius 1 is 1.64 bits per heavy atom. The molecule has 14 heavy (non-hydrogen) atoms. The molecule has 4 heteroatoms. The molecule has 4 nitrogen and oxygen atoms in total. The quantitative estimate of drug-likeness (QED) is 0.780. The van der Waals surface area contributed by atoms with Crippen LogP contribution in [0.1, 0.15) is 31.9 Å². The molecule has 0 amide bonds. The van der Waals surface area contributed by atoms with Gasteiger partial charge in [-0.05, 0) is 25.7 Å². The first-order valence-corrected chi connectivity index (χ1v) is 5.34. The molecule has 1 aliphatic carbocycles. The van der Waals surface area contributed by atoms with Crippen LogP contribution in [-0.2, 0) is 13.6 Å². The monoisotopic (exact) mass is 194 g/mol. The highest BCUT2D eigenvalue weighted by Crippen LogP contribution is 2.29. The lowest BCUT2D eigenvalue weighted by atomic mass is 9.80. The fourth-order valence-electron chi connectivity index (χ4n) is 1.85. The van der Waals surface area contributed by atoms with E-state index in [1.807, 2.05) is 13.2 Å². The number of hydrogen-bond acceptors (Lipinski definition) is 3. The van der Waals surface area contributed by atoms with Crippen molar-refractivity contribution in [2.75, 3.05) is 0 Å². The molecule has 1 aliphatic rings. The van der Waals surface area contributed by atoms with Gasteiger partial charge in [0.25, 0.3) is 0 Å². The molecule has 78 valence electrons. The molecular formula is C10H18N4. The van der Waals surface area contributed by atoms with E-state index in [1.165, 1.54) is 19.3 Å². The molecule has 1 saturated carbocycles. The van der Waals surface area contributed by atoms with Crippen molar-refractivity contribution in [1.82, 2.24) is 20.3 Å². The van der Waals surface area contributed by atoms with Crippen LogP contribution in [0.2, 0.25) is 0 Å². The summed E-state index contributed by atoms with van der Waals surface area (Å²) in [6.45, 7) is 3.10. The Hall–Kier alpha value is -0.900. The predicted molar refractivity (Wildman–Crippen MR) is 54.6 cm³/mol. The van der Waals surface area contributed by atoms with Crippen LogP contribution < -0.4 is 5.32 Å². The van der Waals surface area contributed by atoms with Gasteiger partial charge < -0.3 is 5.32 Å². The Balaban J connectivity index is 1.76. The number of aromatic nitrogens is 3. The molecule has 2 rings (SSSR count). The van der Waals surface area contributed by atoms with Crippen molar-refractivity contribution in [3.05, 3.63) is 11.9 Å². The van der Waals surface area contributed by atoms with Crippen molar-refractivity contribution in [2.24, 2.45) is 13.0 Å². The summed E-state index contributed by atoms with van der Waals surface area (Å²) in [5, 5.41) is 11.4. The van der Waals surface area contributed by atoms with Gasteiger partial charge in [-0.15, -0.1) is 5.10 Å². The zero-order chi connectivity index (χ0) is 9.97. The molecule has 1 atom stereocenters. The molecule has 0 unspecified atom stereocenters. The van der Waals surface area contributed by atoms with Crippen LogP contribution >= 0.6 is 0 Å². The first-order chi connectivity index (χ1) is 6.75. The first kappa shape index (κ1) is 9.65. The average molecular weight is 194 g/mol. The summed E-state index contributed by atoms with van der Waals surface area (Å²) in [5.74, 6) is 0.881. The molecule has 1 heterocycles.